The number of hydrogen-bond donors (Lipinski definition) is 0. The van der Waals surface area contributed by atoms with E-state index in [-0.39, 0.29) is 17.9 Å². The van der Waals surface area contributed by atoms with Crippen molar-refractivity contribution in [3.8, 4) is 5.75 Å². The minimum absolute atomic E-state index is 0.0424. The molecule has 1 unspecified atom stereocenters. The van der Waals surface area contributed by atoms with Crippen LogP contribution in [-0.4, -0.2) is 92.1 Å². The maximum absolute atomic E-state index is 13.0. The molecule has 154 valence electrons. The third-order valence-electron chi connectivity index (χ3n) is 5.45. The van der Waals surface area contributed by atoms with Gasteiger partial charge in [-0.15, -0.1) is 0 Å². The lowest BCUT2D eigenvalue weighted by molar-refractivity contribution is -0.131. The molecule has 2 aliphatic heterocycles. The van der Waals surface area contributed by atoms with Gasteiger partial charge in [0.15, 0.2) is 0 Å². The number of rotatable bonds is 6. The number of morpholine rings is 1. The summed E-state index contributed by atoms with van der Waals surface area (Å²) in [5.41, 5.74) is 0.496. The summed E-state index contributed by atoms with van der Waals surface area (Å²) >= 11 is 6.00. The van der Waals surface area contributed by atoms with Crippen LogP contribution in [0.4, 0.5) is 0 Å². The predicted molar refractivity (Wildman–Crippen MR) is 107 cm³/mol. The Morgan fingerprint density at radius 1 is 1.29 bits per heavy atom. The number of carbonyl (C=O) groups is 2. The highest BCUT2D eigenvalue weighted by molar-refractivity contribution is 6.30. The topological polar surface area (TPSA) is 62.3 Å². The van der Waals surface area contributed by atoms with Crippen LogP contribution in [0.2, 0.25) is 5.02 Å². The lowest BCUT2D eigenvalue weighted by atomic mass is 10.1. The van der Waals surface area contributed by atoms with E-state index in [9.17, 15) is 9.59 Å². The Labute approximate surface area is 171 Å². The van der Waals surface area contributed by atoms with Gasteiger partial charge in [0, 0.05) is 51.2 Å². The minimum atomic E-state index is -0.0901. The highest BCUT2D eigenvalue weighted by Gasteiger charge is 2.33. The van der Waals surface area contributed by atoms with Crippen molar-refractivity contribution in [1.29, 1.82) is 0 Å². The molecule has 0 saturated carbocycles. The summed E-state index contributed by atoms with van der Waals surface area (Å²) in [7, 11) is 1.53. The van der Waals surface area contributed by atoms with Crippen molar-refractivity contribution in [2.45, 2.75) is 19.4 Å². The van der Waals surface area contributed by atoms with Gasteiger partial charge in [0.25, 0.3) is 5.91 Å². The maximum Gasteiger partial charge on any atom is 0.257 e. The summed E-state index contributed by atoms with van der Waals surface area (Å²) in [4.78, 5) is 31.2. The van der Waals surface area contributed by atoms with Crippen LogP contribution in [0.5, 0.6) is 5.75 Å². The van der Waals surface area contributed by atoms with Gasteiger partial charge in [-0.2, -0.15) is 0 Å². The number of likely N-dealkylation sites (tertiary alicyclic amines) is 1. The number of ether oxygens (including phenoxy) is 2. The fourth-order valence-corrected chi connectivity index (χ4v) is 4.03. The molecule has 0 bridgehead atoms. The predicted octanol–water partition coefficient (Wildman–Crippen LogP) is 1.74. The molecule has 28 heavy (non-hydrogen) atoms. The fraction of sp³-hybridized carbons (Fsp3) is 0.600. The van der Waals surface area contributed by atoms with Gasteiger partial charge in [-0.25, -0.2) is 0 Å². The molecule has 1 atom stereocenters. The molecule has 0 aliphatic carbocycles. The van der Waals surface area contributed by atoms with Crippen molar-refractivity contribution in [3.63, 3.8) is 0 Å². The standard InChI is InChI=1S/C20H28ClN3O4/c1-15(25)24(8-7-22-9-11-28-12-10-22)17-5-6-23(14-17)20(26)18-4-3-16(21)13-19(18)27-2/h3-4,13,17H,5-12,14H2,1-2H3. The van der Waals surface area contributed by atoms with Crippen LogP contribution in [0.3, 0.4) is 0 Å². The first kappa shape index (κ1) is 20.9. The van der Waals surface area contributed by atoms with E-state index in [0.29, 0.717) is 36.0 Å². The molecule has 0 radical (unpaired) electrons. The number of hydrogen-bond acceptors (Lipinski definition) is 5. The molecule has 3 rings (SSSR count). The second kappa shape index (κ2) is 9.58. The summed E-state index contributed by atoms with van der Waals surface area (Å²) in [5.74, 6) is 0.432. The first-order chi connectivity index (χ1) is 13.5. The molecule has 2 saturated heterocycles. The monoisotopic (exact) mass is 409 g/mol. The van der Waals surface area contributed by atoms with Gasteiger partial charge in [0.1, 0.15) is 5.75 Å². The van der Waals surface area contributed by atoms with Crippen LogP contribution in [0.25, 0.3) is 0 Å². The van der Waals surface area contributed by atoms with E-state index in [0.717, 1.165) is 39.3 Å². The van der Waals surface area contributed by atoms with E-state index in [1.165, 1.54) is 7.11 Å². The van der Waals surface area contributed by atoms with Crippen LogP contribution in [0, 0.1) is 0 Å². The highest BCUT2D eigenvalue weighted by atomic mass is 35.5. The molecule has 0 spiro atoms. The lowest BCUT2D eigenvalue weighted by Crippen LogP contribution is -2.47. The van der Waals surface area contributed by atoms with E-state index >= 15 is 0 Å². The van der Waals surface area contributed by atoms with E-state index in [1.807, 2.05) is 4.90 Å². The van der Waals surface area contributed by atoms with Gasteiger partial charge < -0.3 is 19.3 Å². The molecule has 0 N–H and O–H groups in total. The maximum atomic E-state index is 13.0. The van der Waals surface area contributed by atoms with Crippen LogP contribution >= 0.6 is 11.6 Å². The van der Waals surface area contributed by atoms with Gasteiger partial charge in [0.05, 0.1) is 31.9 Å². The van der Waals surface area contributed by atoms with Crippen molar-refractivity contribution in [2.75, 3.05) is 59.6 Å². The molecular formula is C20H28ClN3O4. The van der Waals surface area contributed by atoms with Gasteiger partial charge >= 0.3 is 0 Å². The Kier molecular flexibility index (Phi) is 7.15. The molecule has 7 nitrogen and oxygen atoms in total. The summed E-state index contributed by atoms with van der Waals surface area (Å²) in [6.07, 6.45) is 0.782. The molecule has 1 aromatic rings. The van der Waals surface area contributed by atoms with Crippen molar-refractivity contribution in [2.24, 2.45) is 0 Å². The van der Waals surface area contributed by atoms with E-state index in [1.54, 1.807) is 30.0 Å². The van der Waals surface area contributed by atoms with Crippen molar-refractivity contribution in [3.05, 3.63) is 28.8 Å². The van der Waals surface area contributed by atoms with E-state index < -0.39 is 0 Å². The number of nitrogens with zero attached hydrogens (tertiary/aromatic N) is 3. The molecule has 2 heterocycles. The number of benzene rings is 1. The van der Waals surface area contributed by atoms with Crippen molar-refractivity contribution >= 4 is 23.4 Å². The summed E-state index contributed by atoms with van der Waals surface area (Å²) in [5, 5.41) is 0.526. The number of carbonyl (C=O) groups excluding carboxylic acids is 2. The minimum Gasteiger partial charge on any atom is -0.496 e. The van der Waals surface area contributed by atoms with Crippen LogP contribution in [0.1, 0.15) is 23.7 Å². The average Bonchev–Trinajstić information content (AvgIpc) is 3.18. The fourth-order valence-electron chi connectivity index (χ4n) is 3.86. The third-order valence-corrected chi connectivity index (χ3v) is 5.69. The molecule has 8 heteroatoms. The SMILES string of the molecule is COc1cc(Cl)ccc1C(=O)N1CCC(N(CCN2CCOCC2)C(C)=O)C1. The molecule has 2 amide bonds. The second-order valence-electron chi connectivity index (χ2n) is 7.20. The molecule has 1 aromatic carbocycles. The summed E-state index contributed by atoms with van der Waals surface area (Å²) in [6, 6.07) is 5.07. The first-order valence-electron chi connectivity index (χ1n) is 9.69. The average molecular weight is 410 g/mol. The van der Waals surface area contributed by atoms with E-state index in [4.69, 9.17) is 21.1 Å². The van der Waals surface area contributed by atoms with Crippen molar-refractivity contribution in [1.82, 2.24) is 14.7 Å². The van der Waals surface area contributed by atoms with Gasteiger partial charge in [-0.1, -0.05) is 11.6 Å². The first-order valence-corrected chi connectivity index (χ1v) is 10.1. The Morgan fingerprint density at radius 3 is 2.71 bits per heavy atom. The largest absolute Gasteiger partial charge is 0.496 e. The van der Waals surface area contributed by atoms with Gasteiger partial charge in [0.2, 0.25) is 5.91 Å². The molecule has 2 fully saturated rings. The summed E-state index contributed by atoms with van der Waals surface area (Å²) < 4.78 is 10.7. The lowest BCUT2D eigenvalue weighted by Gasteiger charge is -2.32. The normalized spacial score (nSPS) is 20.2. The molecule has 0 aromatic heterocycles. The van der Waals surface area contributed by atoms with Crippen molar-refractivity contribution < 1.29 is 19.1 Å². The Balaban J connectivity index is 1.62. The second-order valence-corrected chi connectivity index (χ2v) is 7.64. The van der Waals surface area contributed by atoms with Crippen LogP contribution in [-0.2, 0) is 9.53 Å². The third kappa shape index (κ3) is 4.96. The van der Waals surface area contributed by atoms with E-state index in [2.05, 4.69) is 4.90 Å². The quantitative estimate of drug-likeness (QED) is 0.716. The Bertz CT molecular complexity index is 709. The van der Waals surface area contributed by atoms with Crippen LogP contribution < -0.4 is 4.74 Å². The molecule has 2 aliphatic rings. The number of methoxy groups -OCH3 is 1. The zero-order valence-electron chi connectivity index (χ0n) is 16.5. The Morgan fingerprint density at radius 2 is 2.04 bits per heavy atom. The Hall–Kier alpha value is -1.83. The zero-order chi connectivity index (χ0) is 20.1. The number of amides is 2. The molecular weight excluding hydrogens is 382 g/mol. The highest BCUT2D eigenvalue weighted by Crippen LogP contribution is 2.26. The smallest absolute Gasteiger partial charge is 0.257 e. The van der Waals surface area contributed by atoms with Gasteiger partial charge in [-0.3, -0.25) is 14.5 Å². The van der Waals surface area contributed by atoms with Crippen LogP contribution in [0.15, 0.2) is 18.2 Å². The van der Waals surface area contributed by atoms with Gasteiger partial charge in [-0.05, 0) is 24.6 Å². The summed E-state index contributed by atoms with van der Waals surface area (Å²) in [6.45, 7) is 7.55. The zero-order valence-corrected chi connectivity index (χ0v) is 17.3. The number of halogens is 1.